The van der Waals surface area contributed by atoms with E-state index in [0.717, 1.165) is 0 Å². The van der Waals surface area contributed by atoms with Crippen LogP contribution in [-0.2, 0) is 0 Å². The van der Waals surface area contributed by atoms with E-state index in [1.807, 2.05) is 12.1 Å². The average molecular weight is 134 g/mol. The van der Waals surface area contributed by atoms with E-state index >= 15 is 0 Å². The van der Waals surface area contributed by atoms with Crippen molar-refractivity contribution in [2.75, 3.05) is 0 Å². The summed E-state index contributed by atoms with van der Waals surface area (Å²) in [4.78, 5) is 0. The van der Waals surface area contributed by atoms with Gasteiger partial charge >= 0.3 is 0 Å². The summed E-state index contributed by atoms with van der Waals surface area (Å²) in [6.07, 6.45) is 5.76. The fraction of sp³-hybridized carbons (Fsp3) is 0.143. The second-order valence-corrected chi connectivity index (χ2v) is 1.87. The molecule has 0 aromatic carbocycles. The van der Waals surface area contributed by atoms with E-state index in [0.29, 0.717) is 17.7 Å². The highest BCUT2D eigenvalue weighted by Crippen LogP contribution is 2.07. The van der Waals surface area contributed by atoms with Crippen LogP contribution in [0.3, 0.4) is 0 Å². The van der Waals surface area contributed by atoms with E-state index in [1.54, 1.807) is 12.2 Å². The minimum Gasteiger partial charge on any atom is -0.411 e. The van der Waals surface area contributed by atoms with Crippen LogP contribution >= 0.6 is 0 Å². The van der Waals surface area contributed by atoms with Crippen LogP contribution in [0.5, 0.6) is 0 Å². The number of nitriles is 1. The molecule has 1 aliphatic rings. The van der Waals surface area contributed by atoms with Crippen molar-refractivity contribution in [2.24, 2.45) is 5.16 Å². The molecule has 10 heavy (non-hydrogen) atoms. The molecule has 0 heterocycles. The van der Waals surface area contributed by atoms with Crippen LogP contribution in [-0.4, -0.2) is 10.9 Å². The van der Waals surface area contributed by atoms with E-state index in [-0.39, 0.29) is 0 Å². The topological polar surface area (TPSA) is 56.4 Å². The molecule has 50 valence electrons. The molecule has 0 spiro atoms. The molecule has 0 aromatic heterocycles. The second-order valence-electron chi connectivity index (χ2n) is 1.87. The molecule has 0 atom stereocenters. The lowest BCUT2D eigenvalue weighted by atomic mass is 10.0. The molecule has 3 nitrogen and oxygen atoms in total. The molecule has 1 aliphatic carbocycles. The molecule has 0 radical (unpaired) electrons. The predicted octanol–water partition coefficient (Wildman–Crippen LogP) is 1.23. The molecule has 0 saturated carbocycles. The van der Waals surface area contributed by atoms with E-state index in [2.05, 4.69) is 5.16 Å². The summed E-state index contributed by atoms with van der Waals surface area (Å²) in [5.41, 5.74) is 0.870. The van der Waals surface area contributed by atoms with Crippen LogP contribution in [0, 0.1) is 11.3 Å². The molecule has 0 saturated heterocycles. The number of hydrogen-bond acceptors (Lipinski definition) is 3. The molecule has 0 fully saturated rings. The van der Waals surface area contributed by atoms with Gasteiger partial charge < -0.3 is 5.21 Å². The Kier molecular flexibility index (Phi) is 1.86. The van der Waals surface area contributed by atoms with Gasteiger partial charge in [-0.25, -0.2) is 0 Å². The third-order valence-electron chi connectivity index (χ3n) is 1.26. The Morgan fingerprint density at radius 3 is 3.00 bits per heavy atom. The fourth-order valence-corrected chi connectivity index (χ4v) is 0.747. The van der Waals surface area contributed by atoms with Gasteiger partial charge in [-0.3, -0.25) is 0 Å². The molecule has 1 N–H and O–H groups in total. The van der Waals surface area contributed by atoms with E-state index in [9.17, 15) is 0 Å². The smallest absolute Gasteiger partial charge is 0.101 e. The quantitative estimate of drug-likeness (QED) is 0.400. The Bertz CT molecular complexity index is 255. The van der Waals surface area contributed by atoms with Gasteiger partial charge in [0, 0.05) is 6.42 Å². The summed E-state index contributed by atoms with van der Waals surface area (Å²) in [7, 11) is 0. The van der Waals surface area contributed by atoms with E-state index in [1.165, 1.54) is 0 Å². The summed E-state index contributed by atoms with van der Waals surface area (Å²) < 4.78 is 0. The average Bonchev–Trinajstić information content (AvgIpc) is 2.04. The molecular weight excluding hydrogens is 128 g/mol. The lowest BCUT2D eigenvalue weighted by Gasteiger charge is -2.00. The van der Waals surface area contributed by atoms with Crippen LogP contribution < -0.4 is 0 Å². The molecular formula is C7H6N2O. The third kappa shape index (κ3) is 1.06. The minimum atomic E-state index is 0.435. The van der Waals surface area contributed by atoms with Crippen LogP contribution in [0.4, 0.5) is 0 Å². The maximum atomic E-state index is 8.45. The third-order valence-corrected chi connectivity index (χ3v) is 1.26. The monoisotopic (exact) mass is 134 g/mol. The van der Waals surface area contributed by atoms with E-state index in [4.69, 9.17) is 10.5 Å². The van der Waals surface area contributed by atoms with Gasteiger partial charge in [-0.1, -0.05) is 17.3 Å². The summed E-state index contributed by atoms with van der Waals surface area (Å²) in [5, 5.41) is 19.8. The van der Waals surface area contributed by atoms with Gasteiger partial charge in [0.1, 0.15) is 11.8 Å². The van der Waals surface area contributed by atoms with Crippen LogP contribution in [0.15, 0.2) is 29.0 Å². The fourth-order valence-electron chi connectivity index (χ4n) is 0.747. The lowest BCUT2D eigenvalue weighted by Crippen LogP contribution is -2.02. The Labute approximate surface area is 58.6 Å². The summed E-state index contributed by atoms with van der Waals surface area (Å²) in [6, 6.07) is 1.92. The van der Waals surface area contributed by atoms with Crippen molar-refractivity contribution in [3.63, 3.8) is 0 Å². The highest BCUT2D eigenvalue weighted by Gasteiger charge is 2.06. The van der Waals surface area contributed by atoms with Gasteiger partial charge in [-0.15, -0.1) is 0 Å². The summed E-state index contributed by atoms with van der Waals surface area (Å²) >= 11 is 0. The van der Waals surface area contributed by atoms with Gasteiger partial charge in [0.05, 0.1) is 5.57 Å². The maximum Gasteiger partial charge on any atom is 0.101 e. The predicted molar refractivity (Wildman–Crippen MR) is 36.7 cm³/mol. The Morgan fingerprint density at radius 2 is 2.50 bits per heavy atom. The van der Waals surface area contributed by atoms with Crippen molar-refractivity contribution in [3.05, 3.63) is 23.8 Å². The first-order chi connectivity index (χ1) is 4.88. The molecule has 0 unspecified atom stereocenters. The number of nitrogens with zero attached hydrogens (tertiary/aromatic N) is 2. The standard InChI is InChI=1S/C7H6N2O/c8-5-6-3-1-2-4-7(6)9-10/h1-3,10H,4H2. The van der Waals surface area contributed by atoms with Gasteiger partial charge in [-0.05, 0) is 6.08 Å². The lowest BCUT2D eigenvalue weighted by molar-refractivity contribution is 0.318. The zero-order valence-corrected chi connectivity index (χ0v) is 5.28. The summed E-state index contributed by atoms with van der Waals surface area (Å²) in [6.45, 7) is 0. The summed E-state index contributed by atoms with van der Waals surface area (Å²) in [5.74, 6) is 0. The normalized spacial score (nSPS) is 20.3. The highest BCUT2D eigenvalue weighted by atomic mass is 16.4. The second kappa shape index (κ2) is 2.83. The molecule has 0 amide bonds. The highest BCUT2D eigenvalue weighted by molar-refractivity contribution is 6.04. The van der Waals surface area contributed by atoms with Gasteiger partial charge in [0.2, 0.25) is 0 Å². The van der Waals surface area contributed by atoms with Gasteiger partial charge in [0.15, 0.2) is 0 Å². The van der Waals surface area contributed by atoms with Crippen molar-refractivity contribution in [1.82, 2.24) is 0 Å². The van der Waals surface area contributed by atoms with Gasteiger partial charge in [0.25, 0.3) is 0 Å². The van der Waals surface area contributed by atoms with Crippen molar-refractivity contribution in [1.29, 1.82) is 5.26 Å². The molecule has 0 bridgehead atoms. The van der Waals surface area contributed by atoms with E-state index < -0.39 is 0 Å². The SMILES string of the molecule is N#CC1=CC=CCC1=NO. The van der Waals surface area contributed by atoms with Crippen LogP contribution in [0.25, 0.3) is 0 Å². The molecule has 1 rings (SSSR count). The maximum absolute atomic E-state index is 8.45. The Hall–Kier alpha value is -1.56. The number of rotatable bonds is 0. The first-order valence-electron chi connectivity index (χ1n) is 2.86. The van der Waals surface area contributed by atoms with Crippen LogP contribution in [0.2, 0.25) is 0 Å². The molecule has 0 aromatic rings. The zero-order chi connectivity index (χ0) is 7.40. The Morgan fingerprint density at radius 1 is 1.70 bits per heavy atom. The Balaban J connectivity index is 2.94. The first kappa shape index (κ1) is 6.56. The molecule has 0 aliphatic heterocycles. The molecule has 3 heteroatoms. The zero-order valence-electron chi connectivity index (χ0n) is 5.28. The van der Waals surface area contributed by atoms with Crippen molar-refractivity contribution in [3.8, 4) is 6.07 Å². The van der Waals surface area contributed by atoms with Crippen molar-refractivity contribution >= 4 is 5.71 Å². The van der Waals surface area contributed by atoms with Crippen molar-refractivity contribution < 1.29 is 5.21 Å². The number of hydrogen-bond donors (Lipinski definition) is 1. The van der Waals surface area contributed by atoms with Crippen molar-refractivity contribution in [2.45, 2.75) is 6.42 Å². The number of oxime groups is 1. The van der Waals surface area contributed by atoms with Gasteiger partial charge in [-0.2, -0.15) is 5.26 Å². The minimum absolute atomic E-state index is 0.435. The number of allylic oxidation sites excluding steroid dienone is 4. The largest absolute Gasteiger partial charge is 0.411 e. The van der Waals surface area contributed by atoms with Crippen LogP contribution in [0.1, 0.15) is 6.42 Å². The first-order valence-corrected chi connectivity index (χ1v) is 2.86.